The molecule has 3 rings (SSSR count). The van der Waals surface area contributed by atoms with Crippen LogP contribution in [0.15, 0.2) is 18.2 Å². The number of amides is 1. The number of ether oxygens (including phenoxy) is 2. The van der Waals surface area contributed by atoms with Gasteiger partial charge in [0.05, 0.1) is 12.8 Å². The van der Waals surface area contributed by atoms with Crippen molar-refractivity contribution in [1.82, 2.24) is 0 Å². The Hall–Kier alpha value is -1.71. The number of carbonyl (C=O) groups is 1. The van der Waals surface area contributed by atoms with Crippen LogP contribution in [0.2, 0.25) is 0 Å². The first kappa shape index (κ1) is 10.4. The molecule has 1 spiro atoms. The third-order valence-electron chi connectivity index (χ3n) is 3.57. The minimum absolute atomic E-state index is 0.0178. The smallest absolute Gasteiger partial charge is 0.268 e. The second-order valence-corrected chi connectivity index (χ2v) is 4.59. The van der Waals surface area contributed by atoms with E-state index in [1.807, 2.05) is 18.2 Å². The summed E-state index contributed by atoms with van der Waals surface area (Å²) in [6, 6.07) is 5.52. The molecule has 1 aliphatic carbocycles. The SMILES string of the molecule is COc1cccc2c1OC1(CCCC1)C(=O)N2. The zero-order valence-electron chi connectivity index (χ0n) is 9.79. The summed E-state index contributed by atoms with van der Waals surface area (Å²) in [5.74, 6) is 1.32. The van der Waals surface area contributed by atoms with Crippen molar-refractivity contribution in [3.63, 3.8) is 0 Å². The molecule has 0 aromatic heterocycles. The fourth-order valence-corrected chi connectivity index (χ4v) is 2.63. The van der Waals surface area contributed by atoms with Crippen molar-refractivity contribution in [2.24, 2.45) is 0 Å². The summed E-state index contributed by atoms with van der Waals surface area (Å²) in [4.78, 5) is 12.1. The molecule has 1 saturated carbocycles. The van der Waals surface area contributed by atoms with E-state index in [0.29, 0.717) is 17.2 Å². The molecule has 1 aromatic carbocycles. The fourth-order valence-electron chi connectivity index (χ4n) is 2.63. The van der Waals surface area contributed by atoms with Gasteiger partial charge in [-0.15, -0.1) is 0 Å². The van der Waals surface area contributed by atoms with Gasteiger partial charge in [0, 0.05) is 0 Å². The van der Waals surface area contributed by atoms with E-state index >= 15 is 0 Å². The van der Waals surface area contributed by atoms with Gasteiger partial charge < -0.3 is 14.8 Å². The van der Waals surface area contributed by atoms with Crippen molar-refractivity contribution in [3.8, 4) is 11.5 Å². The van der Waals surface area contributed by atoms with Gasteiger partial charge in [-0.3, -0.25) is 4.79 Å². The van der Waals surface area contributed by atoms with E-state index in [0.717, 1.165) is 25.7 Å². The lowest BCUT2D eigenvalue weighted by Gasteiger charge is -2.34. The molecule has 17 heavy (non-hydrogen) atoms. The zero-order valence-corrected chi connectivity index (χ0v) is 9.79. The number of hydrogen-bond donors (Lipinski definition) is 1. The van der Waals surface area contributed by atoms with E-state index in [1.165, 1.54) is 0 Å². The van der Waals surface area contributed by atoms with Gasteiger partial charge >= 0.3 is 0 Å². The lowest BCUT2D eigenvalue weighted by Crippen LogP contribution is -2.48. The van der Waals surface area contributed by atoms with Crippen LogP contribution in [0.25, 0.3) is 0 Å². The number of hydrogen-bond acceptors (Lipinski definition) is 3. The van der Waals surface area contributed by atoms with Crippen molar-refractivity contribution in [2.45, 2.75) is 31.3 Å². The maximum atomic E-state index is 12.1. The van der Waals surface area contributed by atoms with E-state index in [1.54, 1.807) is 7.11 Å². The van der Waals surface area contributed by atoms with Gasteiger partial charge in [0.2, 0.25) is 0 Å². The highest BCUT2D eigenvalue weighted by atomic mass is 16.5. The number of anilines is 1. The van der Waals surface area contributed by atoms with Crippen LogP contribution in [0.1, 0.15) is 25.7 Å². The molecule has 1 N–H and O–H groups in total. The normalized spacial score (nSPS) is 20.6. The van der Waals surface area contributed by atoms with Crippen LogP contribution < -0.4 is 14.8 Å². The first-order valence-electron chi connectivity index (χ1n) is 5.93. The molecule has 4 nitrogen and oxygen atoms in total. The quantitative estimate of drug-likeness (QED) is 0.809. The second-order valence-electron chi connectivity index (χ2n) is 4.59. The Morgan fingerprint density at radius 2 is 2.12 bits per heavy atom. The minimum Gasteiger partial charge on any atom is -0.493 e. The number of carbonyl (C=O) groups excluding carboxylic acids is 1. The molecule has 0 saturated heterocycles. The average molecular weight is 233 g/mol. The van der Waals surface area contributed by atoms with E-state index in [9.17, 15) is 4.79 Å². The largest absolute Gasteiger partial charge is 0.493 e. The molecular formula is C13H15NO3. The first-order chi connectivity index (χ1) is 8.25. The molecule has 1 heterocycles. The van der Waals surface area contributed by atoms with Gasteiger partial charge in [-0.2, -0.15) is 0 Å². The van der Waals surface area contributed by atoms with Crippen LogP contribution in [0.5, 0.6) is 11.5 Å². The molecular weight excluding hydrogens is 218 g/mol. The Morgan fingerprint density at radius 1 is 1.35 bits per heavy atom. The van der Waals surface area contributed by atoms with Gasteiger partial charge in [-0.25, -0.2) is 0 Å². The third-order valence-corrected chi connectivity index (χ3v) is 3.57. The van der Waals surface area contributed by atoms with Gasteiger partial charge in [-0.05, 0) is 37.8 Å². The third kappa shape index (κ3) is 1.47. The zero-order chi connectivity index (χ0) is 11.9. The summed E-state index contributed by atoms with van der Waals surface area (Å²) in [5, 5.41) is 2.92. The Labute approximate surface area is 99.9 Å². The van der Waals surface area contributed by atoms with Crippen LogP contribution in [-0.2, 0) is 4.79 Å². The van der Waals surface area contributed by atoms with Crippen molar-refractivity contribution in [3.05, 3.63) is 18.2 Å². The lowest BCUT2D eigenvalue weighted by atomic mass is 9.98. The van der Waals surface area contributed by atoms with Gasteiger partial charge in [0.25, 0.3) is 5.91 Å². The number of methoxy groups -OCH3 is 1. The van der Waals surface area contributed by atoms with Crippen LogP contribution in [-0.4, -0.2) is 18.6 Å². The summed E-state index contributed by atoms with van der Waals surface area (Å²) in [6.45, 7) is 0. The molecule has 2 aliphatic rings. The Morgan fingerprint density at radius 3 is 2.82 bits per heavy atom. The number of para-hydroxylation sites is 1. The number of nitrogens with one attached hydrogen (secondary N) is 1. The van der Waals surface area contributed by atoms with Crippen LogP contribution >= 0.6 is 0 Å². The maximum Gasteiger partial charge on any atom is 0.268 e. The predicted molar refractivity (Wildman–Crippen MR) is 63.5 cm³/mol. The summed E-state index contributed by atoms with van der Waals surface area (Å²) < 4.78 is 11.3. The van der Waals surface area contributed by atoms with Crippen molar-refractivity contribution >= 4 is 11.6 Å². The van der Waals surface area contributed by atoms with Crippen molar-refractivity contribution < 1.29 is 14.3 Å². The summed E-state index contributed by atoms with van der Waals surface area (Å²) >= 11 is 0. The Bertz CT molecular complexity index is 464. The van der Waals surface area contributed by atoms with Gasteiger partial charge in [-0.1, -0.05) is 6.07 Å². The molecule has 0 radical (unpaired) electrons. The summed E-state index contributed by atoms with van der Waals surface area (Å²) in [7, 11) is 1.61. The second kappa shape index (κ2) is 3.65. The monoisotopic (exact) mass is 233 g/mol. The summed E-state index contributed by atoms with van der Waals surface area (Å²) in [5.41, 5.74) is 0.0358. The predicted octanol–water partition coefficient (Wildman–Crippen LogP) is 2.34. The molecule has 4 heteroatoms. The fraction of sp³-hybridized carbons (Fsp3) is 0.462. The summed E-state index contributed by atoms with van der Waals surface area (Å²) in [6.07, 6.45) is 3.66. The van der Waals surface area contributed by atoms with Crippen LogP contribution in [0.3, 0.4) is 0 Å². The number of rotatable bonds is 1. The maximum absolute atomic E-state index is 12.1. The molecule has 1 aliphatic heterocycles. The highest BCUT2D eigenvalue weighted by Gasteiger charge is 2.47. The van der Waals surface area contributed by atoms with Gasteiger partial charge in [0.15, 0.2) is 17.1 Å². The minimum atomic E-state index is -0.665. The van der Waals surface area contributed by atoms with E-state index < -0.39 is 5.60 Å². The first-order valence-corrected chi connectivity index (χ1v) is 5.93. The molecule has 0 atom stereocenters. The molecule has 1 amide bonds. The average Bonchev–Trinajstić information content (AvgIpc) is 2.80. The molecule has 1 fully saturated rings. The highest BCUT2D eigenvalue weighted by Crippen LogP contribution is 2.46. The molecule has 1 aromatic rings. The van der Waals surface area contributed by atoms with Crippen molar-refractivity contribution in [2.75, 3.05) is 12.4 Å². The Kier molecular flexibility index (Phi) is 2.24. The Balaban J connectivity index is 2.05. The van der Waals surface area contributed by atoms with Crippen molar-refractivity contribution in [1.29, 1.82) is 0 Å². The van der Waals surface area contributed by atoms with E-state index in [-0.39, 0.29) is 5.91 Å². The number of benzene rings is 1. The number of fused-ring (bicyclic) bond motifs is 1. The lowest BCUT2D eigenvalue weighted by molar-refractivity contribution is -0.132. The topological polar surface area (TPSA) is 47.6 Å². The molecule has 90 valence electrons. The standard InChI is InChI=1S/C13H15NO3/c1-16-10-6-4-5-9-11(10)17-13(12(15)14-9)7-2-3-8-13/h4-6H,2-3,7-8H2,1H3,(H,14,15). The van der Waals surface area contributed by atoms with Crippen LogP contribution in [0.4, 0.5) is 5.69 Å². The molecule has 0 unspecified atom stereocenters. The molecule has 0 bridgehead atoms. The van der Waals surface area contributed by atoms with E-state index in [4.69, 9.17) is 9.47 Å². The van der Waals surface area contributed by atoms with E-state index in [2.05, 4.69) is 5.32 Å². The van der Waals surface area contributed by atoms with Gasteiger partial charge in [0.1, 0.15) is 0 Å². The highest BCUT2D eigenvalue weighted by molar-refractivity contribution is 6.01. The van der Waals surface area contributed by atoms with Crippen LogP contribution in [0, 0.1) is 0 Å².